The van der Waals surface area contributed by atoms with Crippen molar-refractivity contribution >= 4 is 18.1 Å². The van der Waals surface area contributed by atoms with Gasteiger partial charge in [0.25, 0.3) is 0 Å². The molecule has 0 saturated heterocycles. The first-order chi connectivity index (χ1) is 6.15. The molecule has 0 fully saturated rings. The number of nitrogens with zero attached hydrogens (tertiary/aromatic N) is 1. The van der Waals surface area contributed by atoms with Crippen molar-refractivity contribution in [3.05, 3.63) is 24.3 Å². The van der Waals surface area contributed by atoms with Crippen LogP contribution < -0.4 is 9.64 Å². The van der Waals surface area contributed by atoms with Crippen LogP contribution in [0, 0.1) is 0 Å². The molecule has 0 spiro atoms. The highest BCUT2D eigenvalue weighted by molar-refractivity contribution is 5.85. The topological polar surface area (TPSA) is 12.5 Å². The van der Waals surface area contributed by atoms with Gasteiger partial charge in [-0.05, 0) is 38.1 Å². The molecule has 0 aromatic heterocycles. The van der Waals surface area contributed by atoms with Gasteiger partial charge in [-0.25, -0.2) is 0 Å². The first-order valence-electron chi connectivity index (χ1n) is 4.52. The third-order valence-electron chi connectivity index (χ3n) is 2.25. The lowest BCUT2D eigenvalue weighted by Gasteiger charge is -2.23. The molecule has 1 aromatic carbocycles. The minimum absolute atomic E-state index is 0. The number of hydrogen-bond acceptors (Lipinski definition) is 2. The van der Waals surface area contributed by atoms with E-state index in [1.807, 2.05) is 12.1 Å². The van der Waals surface area contributed by atoms with E-state index < -0.39 is 0 Å². The van der Waals surface area contributed by atoms with Gasteiger partial charge >= 0.3 is 0 Å². The van der Waals surface area contributed by atoms with E-state index in [9.17, 15) is 0 Å². The lowest BCUT2D eigenvalue weighted by Crippen LogP contribution is -2.25. The Labute approximate surface area is 92.3 Å². The number of benzene rings is 1. The van der Waals surface area contributed by atoms with Gasteiger partial charge in [0, 0.05) is 18.8 Å². The molecule has 0 amide bonds. The Morgan fingerprint density at radius 3 is 2.00 bits per heavy atom. The van der Waals surface area contributed by atoms with Crippen molar-refractivity contribution in [1.82, 2.24) is 0 Å². The Morgan fingerprint density at radius 2 is 1.64 bits per heavy atom. The first-order valence-corrected chi connectivity index (χ1v) is 4.52. The van der Waals surface area contributed by atoms with E-state index in [0.717, 1.165) is 5.75 Å². The highest BCUT2D eigenvalue weighted by Crippen LogP contribution is 2.19. The van der Waals surface area contributed by atoms with E-state index in [-0.39, 0.29) is 12.4 Å². The fourth-order valence-corrected chi connectivity index (χ4v) is 1.12. The normalized spacial score (nSPS) is 9.50. The molecule has 0 radical (unpaired) electrons. The summed E-state index contributed by atoms with van der Waals surface area (Å²) in [5.41, 5.74) is 1.22. The van der Waals surface area contributed by atoms with Crippen LogP contribution in [0.15, 0.2) is 24.3 Å². The first kappa shape index (κ1) is 13.1. The van der Waals surface area contributed by atoms with E-state index >= 15 is 0 Å². The molecule has 0 aliphatic heterocycles. The van der Waals surface area contributed by atoms with E-state index in [1.54, 1.807) is 7.11 Å². The average molecular weight is 216 g/mol. The summed E-state index contributed by atoms with van der Waals surface area (Å²) in [5.74, 6) is 0.904. The largest absolute Gasteiger partial charge is 0.497 e. The summed E-state index contributed by atoms with van der Waals surface area (Å²) in [6, 6.07) is 8.62. The maximum Gasteiger partial charge on any atom is 0.119 e. The summed E-state index contributed by atoms with van der Waals surface area (Å²) in [7, 11) is 3.77. The number of hydrogen-bond donors (Lipinski definition) is 0. The maximum absolute atomic E-state index is 5.09. The van der Waals surface area contributed by atoms with Crippen molar-refractivity contribution in [2.75, 3.05) is 19.1 Å². The Hall–Kier alpha value is -0.890. The van der Waals surface area contributed by atoms with Crippen LogP contribution in [0.25, 0.3) is 0 Å². The van der Waals surface area contributed by atoms with Gasteiger partial charge < -0.3 is 9.64 Å². The summed E-state index contributed by atoms with van der Waals surface area (Å²) < 4.78 is 5.09. The molecule has 2 nitrogen and oxygen atoms in total. The fraction of sp³-hybridized carbons (Fsp3) is 0.455. The van der Waals surface area contributed by atoms with Crippen LogP contribution in [-0.4, -0.2) is 20.2 Å². The minimum Gasteiger partial charge on any atom is -0.497 e. The summed E-state index contributed by atoms with van der Waals surface area (Å²) in [5, 5.41) is 0. The van der Waals surface area contributed by atoms with Crippen molar-refractivity contribution in [2.24, 2.45) is 0 Å². The molecule has 1 rings (SSSR count). The second kappa shape index (κ2) is 5.76. The summed E-state index contributed by atoms with van der Waals surface area (Å²) in [4.78, 5) is 2.22. The van der Waals surface area contributed by atoms with Crippen LogP contribution in [0.4, 0.5) is 5.69 Å². The molecule has 1 aromatic rings. The zero-order valence-corrected chi connectivity index (χ0v) is 9.97. The van der Waals surface area contributed by atoms with Crippen LogP contribution >= 0.6 is 12.4 Å². The summed E-state index contributed by atoms with van der Waals surface area (Å²) in [6.07, 6.45) is 0. The average Bonchev–Trinajstić information content (AvgIpc) is 2.17. The highest BCUT2D eigenvalue weighted by atomic mass is 35.5. The summed E-state index contributed by atoms with van der Waals surface area (Å²) in [6.45, 7) is 4.34. The fourth-order valence-electron chi connectivity index (χ4n) is 1.12. The minimum atomic E-state index is 0. The quantitative estimate of drug-likeness (QED) is 0.769. The molecule has 0 heterocycles. The van der Waals surface area contributed by atoms with Crippen molar-refractivity contribution in [3.8, 4) is 5.75 Å². The Morgan fingerprint density at radius 1 is 1.14 bits per heavy atom. The smallest absolute Gasteiger partial charge is 0.119 e. The molecule has 80 valence electrons. The standard InChI is InChI=1S/C11H17NO.ClH/c1-9(2)12(3)10-5-7-11(13-4)8-6-10;/h5-9H,1-4H3;1H. The van der Waals surface area contributed by atoms with Crippen molar-refractivity contribution in [3.63, 3.8) is 0 Å². The number of anilines is 1. The van der Waals surface area contributed by atoms with Gasteiger partial charge in [-0.3, -0.25) is 0 Å². The summed E-state index contributed by atoms with van der Waals surface area (Å²) >= 11 is 0. The Balaban J connectivity index is 0.00000169. The Kier molecular flexibility index (Phi) is 5.39. The third kappa shape index (κ3) is 3.11. The van der Waals surface area contributed by atoms with Gasteiger partial charge in [0.1, 0.15) is 5.75 Å². The van der Waals surface area contributed by atoms with Crippen LogP contribution in [-0.2, 0) is 0 Å². The highest BCUT2D eigenvalue weighted by Gasteiger charge is 2.03. The van der Waals surface area contributed by atoms with Crippen molar-refractivity contribution in [1.29, 1.82) is 0 Å². The molecule has 14 heavy (non-hydrogen) atoms. The van der Waals surface area contributed by atoms with E-state index in [0.29, 0.717) is 6.04 Å². The second-order valence-electron chi connectivity index (χ2n) is 3.40. The van der Waals surface area contributed by atoms with Crippen LogP contribution in [0.1, 0.15) is 13.8 Å². The lowest BCUT2D eigenvalue weighted by atomic mass is 10.2. The Bertz CT molecular complexity index is 258. The number of methoxy groups -OCH3 is 1. The van der Waals surface area contributed by atoms with Gasteiger partial charge in [-0.15, -0.1) is 12.4 Å². The van der Waals surface area contributed by atoms with Gasteiger partial charge in [0.05, 0.1) is 7.11 Å². The third-order valence-corrected chi connectivity index (χ3v) is 2.25. The van der Waals surface area contributed by atoms with E-state index in [2.05, 4.69) is 37.9 Å². The van der Waals surface area contributed by atoms with Crippen LogP contribution in [0.2, 0.25) is 0 Å². The van der Waals surface area contributed by atoms with Gasteiger partial charge in [0.15, 0.2) is 0 Å². The van der Waals surface area contributed by atoms with Gasteiger partial charge in [0.2, 0.25) is 0 Å². The SMILES string of the molecule is COc1ccc(N(C)C(C)C)cc1.Cl. The zero-order valence-electron chi connectivity index (χ0n) is 9.15. The predicted octanol–water partition coefficient (Wildman–Crippen LogP) is 2.96. The monoisotopic (exact) mass is 215 g/mol. The number of rotatable bonds is 3. The molecule has 3 heteroatoms. The molecular weight excluding hydrogens is 198 g/mol. The van der Waals surface area contributed by atoms with Crippen molar-refractivity contribution in [2.45, 2.75) is 19.9 Å². The van der Waals surface area contributed by atoms with Gasteiger partial charge in [-0.2, -0.15) is 0 Å². The zero-order chi connectivity index (χ0) is 9.84. The van der Waals surface area contributed by atoms with E-state index in [4.69, 9.17) is 4.74 Å². The molecule has 0 unspecified atom stereocenters. The van der Waals surface area contributed by atoms with Crippen LogP contribution in [0.3, 0.4) is 0 Å². The maximum atomic E-state index is 5.09. The van der Waals surface area contributed by atoms with E-state index in [1.165, 1.54) is 5.69 Å². The second-order valence-corrected chi connectivity index (χ2v) is 3.40. The molecule has 0 bridgehead atoms. The molecule has 0 aliphatic carbocycles. The molecule has 0 saturated carbocycles. The molecule has 0 N–H and O–H groups in total. The van der Waals surface area contributed by atoms with Gasteiger partial charge in [-0.1, -0.05) is 0 Å². The molecule has 0 atom stereocenters. The predicted molar refractivity (Wildman–Crippen MR) is 63.8 cm³/mol. The van der Waals surface area contributed by atoms with Crippen LogP contribution in [0.5, 0.6) is 5.75 Å². The number of ether oxygens (including phenoxy) is 1. The van der Waals surface area contributed by atoms with Crippen molar-refractivity contribution < 1.29 is 4.74 Å². The molecule has 0 aliphatic rings. The number of halogens is 1. The lowest BCUT2D eigenvalue weighted by molar-refractivity contribution is 0.415. The molecular formula is C11H18ClNO.